The number of nitrogens with two attached hydrogens (primary N) is 1. The number of amides is 1. The predicted octanol–water partition coefficient (Wildman–Crippen LogP) is 2.85. The Morgan fingerprint density at radius 1 is 1.36 bits per heavy atom. The number of ether oxygens (including phenoxy) is 1. The summed E-state index contributed by atoms with van der Waals surface area (Å²) in [5, 5.41) is 2.80. The molecule has 3 N–H and O–H groups in total. The van der Waals surface area contributed by atoms with Crippen LogP contribution in [0.25, 0.3) is 0 Å². The normalized spacial score (nSPS) is 14.5. The number of alkyl carbamates (subject to hydrolysis) is 1. The number of hydrogen-bond donors (Lipinski definition) is 2. The fourth-order valence-electron chi connectivity index (χ4n) is 2.06. The van der Waals surface area contributed by atoms with E-state index in [9.17, 15) is 4.79 Å². The molecule has 0 aromatic rings. The molecule has 0 saturated heterocycles. The molecule has 0 heterocycles. The van der Waals surface area contributed by atoms with E-state index in [2.05, 4.69) is 30.7 Å². The fourth-order valence-corrected chi connectivity index (χ4v) is 2.06. The Morgan fingerprint density at radius 3 is 2.41 bits per heavy atom. The van der Waals surface area contributed by atoms with Gasteiger partial charge in [-0.3, -0.25) is 0 Å². The smallest absolute Gasteiger partial charge is 0.407 e. The number of carbonyl (C=O) groups is 1. The van der Waals surface area contributed by atoms with Gasteiger partial charge in [0.25, 0.3) is 0 Å². The van der Waals surface area contributed by atoms with Crippen molar-refractivity contribution in [2.45, 2.75) is 65.0 Å². The zero-order valence-electron chi connectivity index (χ0n) is 14.9. The van der Waals surface area contributed by atoms with Gasteiger partial charge in [-0.25, -0.2) is 9.79 Å². The van der Waals surface area contributed by atoms with Gasteiger partial charge in [-0.2, -0.15) is 0 Å². The van der Waals surface area contributed by atoms with Crippen molar-refractivity contribution in [2.24, 2.45) is 10.7 Å². The molecule has 0 saturated carbocycles. The quantitative estimate of drug-likeness (QED) is 0.533. The van der Waals surface area contributed by atoms with E-state index in [1.807, 2.05) is 32.7 Å². The van der Waals surface area contributed by atoms with Crippen LogP contribution in [0, 0.1) is 0 Å². The van der Waals surface area contributed by atoms with Crippen LogP contribution in [-0.4, -0.2) is 42.1 Å². The highest BCUT2D eigenvalue weighted by Crippen LogP contribution is 2.22. The zero-order chi connectivity index (χ0) is 17.4. The Kier molecular flexibility index (Phi) is 7.98. The first-order valence-corrected chi connectivity index (χ1v) is 7.68. The molecule has 6 nitrogen and oxygen atoms in total. The standard InChI is InChI=1S/C16H32N4O2/c1-8-9-16(6,20(7)12-19-13(2)17)10-11-18-14(21)22-15(3,4)5/h12H,2,8-11,17H2,1,3-7H3,(H,18,21)/b19-12-. The van der Waals surface area contributed by atoms with Crippen molar-refractivity contribution in [3.63, 3.8) is 0 Å². The van der Waals surface area contributed by atoms with Gasteiger partial charge in [0.15, 0.2) is 0 Å². The maximum absolute atomic E-state index is 11.7. The number of aliphatic imine (C=N–C) groups is 1. The minimum absolute atomic E-state index is 0.122. The van der Waals surface area contributed by atoms with Crippen LogP contribution in [0.1, 0.15) is 53.9 Å². The van der Waals surface area contributed by atoms with Gasteiger partial charge in [-0.05, 0) is 40.5 Å². The molecule has 0 radical (unpaired) electrons. The maximum atomic E-state index is 11.7. The lowest BCUT2D eigenvalue weighted by atomic mass is 9.91. The Bertz CT molecular complexity index is 401. The van der Waals surface area contributed by atoms with Crippen LogP contribution in [0.15, 0.2) is 17.4 Å². The minimum atomic E-state index is -0.484. The minimum Gasteiger partial charge on any atom is -0.444 e. The molecule has 6 heteroatoms. The third-order valence-corrected chi connectivity index (χ3v) is 3.37. The Hall–Kier alpha value is -1.72. The van der Waals surface area contributed by atoms with Crippen molar-refractivity contribution >= 4 is 12.4 Å². The highest BCUT2D eigenvalue weighted by atomic mass is 16.6. The molecular formula is C16H32N4O2. The lowest BCUT2D eigenvalue weighted by Gasteiger charge is -2.38. The van der Waals surface area contributed by atoms with E-state index in [1.165, 1.54) is 0 Å². The van der Waals surface area contributed by atoms with Gasteiger partial charge in [0.05, 0.1) is 6.34 Å². The highest BCUT2D eigenvalue weighted by Gasteiger charge is 2.27. The van der Waals surface area contributed by atoms with E-state index in [0.29, 0.717) is 6.54 Å². The van der Waals surface area contributed by atoms with Crippen molar-refractivity contribution in [1.82, 2.24) is 10.2 Å². The van der Waals surface area contributed by atoms with Crippen LogP contribution in [0.3, 0.4) is 0 Å². The average molecular weight is 312 g/mol. The summed E-state index contributed by atoms with van der Waals surface area (Å²) in [7, 11) is 1.95. The van der Waals surface area contributed by atoms with E-state index in [1.54, 1.807) is 6.34 Å². The van der Waals surface area contributed by atoms with E-state index in [-0.39, 0.29) is 11.4 Å². The van der Waals surface area contributed by atoms with Gasteiger partial charge in [-0.1, -0.05) is 19.9 Å². The first-order valence-electron chi connectivity index (χ1n) is 7.68. The summed E-state index contributed by atoms with van der Waals surface area (Å²) in [6.45, 7) is 13.9. The molecule has 0 bridgehead atoms. The average Bonchev–Trinajstić information content (AvgIpc) is 2.33. The predicted molar refractivity (Wildman–Crippen MR) is 91.7 cm³/mol. The molecule has 0 fully saturated rings. The third-order valence-electron chi connectivity index (χ3n) is 3.37. The van der Waals surface area contributed by atoms with Crippen molar-refractivity contribution in [3.05, 3.63) is 12.4 Å². The summed E-state index contributed by atoms with van der Waals surface area (Å²) in [4.78, 5) is 17.7. The van der Waals surface area contributed by atoms with E-state index >= 15 is 0 Å². The van der Waals surface area contributed by atoms with Crippen molar-refractivity contribution < 1.29 is 9.53 Å². The van der Waals surface area contributed by atoms with Crippen LogP contribution in [0.5, 0.6) is 0 Å². The van der Waals surface area contributed by atoms with Gasteiger partial charge in [0.1, 0.15) is 11.4 Å². The maximum Gasteiger partial charge on any atom is 0.407 e. The molecule has 0 rings (SSSR count). The van der Waals surface area contributed by atoms with Crippen LogP contribution < -0.4 is 11.1 Å². The molecule has 1 amide bonds. The number of hydrogen-bond acceptors (Lipinski definition) is 4. The van der Waals surface area contributed by atoms with Crippen LogP contribution >= 0.6 is 0 Å². The molecule has 1 unspecified atom stereocenters. The van der Waals surface area contributed by atoms with Gasteiger partial charge in [0, 0.05) is 19.1 Å². The van der Waals surface area contributed by atoms with E-state index < -0.39 is 11.7 Å². The summed E-state index contributed by atoms with van der Waals surface area (Å²) in [6, 6.07) is 0. The Labute approximate surface area is 134 Å². The first-order chi connectivity index (χ1) is 10.00. The number of rotatable bonds is 8. The second-order valence-electron chi connectivity index (χ2n) is 6.77. The monoisotopic (exact) mass is 312 g/mol. The van der Waals surface area contributed by atoms with Gasteiger partial charge >= 0.3 is 6.09 Å². The summed E-state index contributed by atoms with van der Waals surface area (Å²) in [6.07, 6.45) is 4.08. The fraction of sp³-hybridized carbons (Fsp3) is 0.750. The molecule has 22 heavy (non-hydrogen) atoms. The molecule has 0 aromatic heterocycles. The molecule has 0 aliphatic heterocycles. The second kappa shape index (κ2) is 8.66. The molecule has 1 atom stereocenters. The molecule has 0 aromatic carbocycles. The van der Waals surface area contributed by atoms with Crippen LogP contribution in [0.2, 0.25) is 0 Å². The van der Waals surface area contributed by atoms with Gasteiger partial charge in [-0.15, -0.1) is 0 Å². The number of carbonyl (C=O) groups excluding carboxylic acids is 1. The number of nitrogens with one attached hydrogen (secondary N) is 1. The summed E-state index contributed by atoms with van der Waals surface area (Å²) in [5.41, 5.74) is 4.86. The molecule has 0 spiro atoms. The van der Waals surface area contributed by atoms with Crippen LogP contribution in [-0.2, 0) is 4.74 Å². The zero-order valence-corrected chi connectivity index (χ0v) is 14.9. The molecule has 0 aliphatic carbocycles. The summed E-state index contributed by atoms with van der Waals surface area (Å²) in [5.74, 6) is 0.276. The van der Waals surface area contributed by atoms with E-state index in [4.69, 9.17) is 10.5 Å². The SMILES string of the molecule is C=C(N)/N=C\N(C)C(C)(CCC)CCNC(=O)OC(C)(C)C. The molecule has 128 valence electrons. The van der Waals surface area contributed by atoms with Gasteiger partial charge in [0.2, 0.25) is 0 Å². The topological polar surface area (TPSA) is 80.0 Å². The van der Waals surface area contributed by atoms with Crippen LogP contribution in [0.4, 0.5) is 4.79 Å². The second-order valence-corrected chi connectivity index (χ2v) is 6.77. The highest BCUT2D eigenvalue weighted by molar-refractivity contribution is 5.67. The Morgan fingerprint density at radius 2 is 1.95 bits per heavy atom. The lowest BCUT2D eigenvalue weighted by molar-refractivity contribution is 0.0519. The summed E-state index contributed by atoms with van der Waals surface area (Å²) < 4.78 is 5.23. The summed E-state index contributed by atoms with van der Waals surface area (Å²) >= 11 is 0. The van der Waals surface area contributed by atoms with E-state index in [0.717, 1.165) is 19.3 Å². The Balaban J connectivity index is 4.57. The van der Waals surface area contributed by atoms with Crippen molar-refractivity contribution in [1.29, 1.82) is 0 Å². The molecule has 0 aliphatic rings. The first kappa shape index (κ1) is 20.3. The van der Waals surface area contributed by atoms with Gasteiger partial charge < -0.3 is 20.7 Å². The van der Waals surface area contributed by atoms with Crippen molar-refractivity contribution in [2.75, 3.05) is 13.6 Å². The molecular weight excluding hydrogens is 280 g/mol. The number of nitrogens with zero attached hydrogens (tertiary/aromatic N) is 2. The van der Waals surface area contributed by atoms with Crippen molar-refractivity contribution in [3.8, 4) is 0 Å². The lowest BCUT2D eigenvalue weighted by Crippen LogP contribution is -2.46. The largest absolute Gasteiger partial charge is 0.444 e. The third kappa shape index (κ3) is 8.54.